The summed E-state index contributed by atoms with van der Waals surface area (Å²) in [6, 6.07) is 11.9. The van der Waals surface area contributed by atoms with Gasteiger partial charge in [-0.05, 0) is 22.3 Å². The summed E-state index contributed by atoms with van der Waals surface area (Å²) in [5, 5.41) is 10.4. The molecule has 174 valence electrons. The number of carboxylic acids is 1. The molecule has 2 aromatic carbocycles. The number of hydrogen-bond acceptors (Lipinski definition) is 4. The average Bonchev–Trinajstić information content (AvgIpc) is 3.08. The first-order chi connectivity index (χ1) is 15.6. The van der Waals surface area contributed by atoms with Gasteiger partial charge in [0.05, 0.1) is 0 Å². The van der Waals surface area contributed by atoms with Crippen molar-refractivity contribution in [1.29, 1.82) is 0 Å². The molecule has 0 fully saturated rings. The number of carbonyl (C=O) groups excluding carboxylic acids is 2. The summed E-state index contributed by atoms with van der Waals surface area (Å²) in [7, 11) is 0. The molecule has 33 heavy (non-hydrogen) atoms. The van der Waals surface area contributed by atoms with E-state index in [9.17, 15) is 27.6 Å². The highest BCUT2D eigenvalue weighted by atomic mass is 19.4. The number of fused-ring (bicyclic) bond motifs is 3. The predicted molar refractivity (Wildman–Crippen MR) is 112 cm³/mol. The quantitative estimate of drug-likeness (QED) is 0.585. The van der Waals surface area contributed by atoms with Crippen LogP contribution in [0.1, 0.15) is 17.0 Å². The van der Waals surface area contributed by atoms with Gasteiger partial charge in [0.1, 0.15) is 13.2 Å². The molecule has 10 heteroatoms. The number of carbonyl (C=O) groups is 3. The van der Waals surface area contributed by atoms with Crippen LogP contribution in [-0.4, -0.2) is 59.9 Å². The Morgan fingerprint density at radius 2 is 1.64 bits per heavy atom. The fraction of sp³-hybridized carbons (Fsp3) is 0.261. The van der Waals surface area contributed by atoms with Crippen LogP contribution in [0.2, 0.25) is 0 Å². The Kier molecular flexibility index (Phi) is 7.05. The molecule has 1 atom stereocenters. The topological polar surface area (TPSA) is 95.9 Å². The van der Waals surface area contributed by atoms with E-state index in [1.807, 2.05) is 48.5 Å². The number of alkyl halides is 3. The molecule has 1 aliphatic carbocycles. The molecule has 0 spiro atoms. The first-order valence-electron chi connectivity index (χ1n) is 9.93. The van der Waals surface area contributed by atoms with Crippen molar-refractivity contribution in [3.63, 3.8) is 0 Å². The van der Waals surface area contributed by atoms with Crippen LogP contribution in [0.4, 0.5) is 18.0 Å². The van der Waals surface area contributed by atoms with Gasteiger partial charge in [-0.2, -0.15) is 13.2 Å². The average molecular weight is 462 g/mol. The van der Waals surface area contributed by atoms with E-state index in [4.69, 9.17) is 9.84 Å². The minimum absolute atomic E-state index is 0.246. The lowest BCUT2D eigenvalue weighted by Crippen LogP contribution is -2.57. The van der Waals surface area contributed by atoms with E-state index in [0.29, 0.717) is 4.90 Å². The van der Waals surface area contributed by atoms with Crippen molar-refractivity contribution >= 4 is 18.0 Å². The van der Waals surface area contributed by atoms with Crippen LogP contribution >= 0.6 is 0 Å². The number of nitrogens with one attached hydrogen (secondary N) is 1. The normalized spacial score (nSPS) is 13.4. The monoisotopic (exact) mass is 462 g/mol. The molecule has 2 aromatic rings. The van der Waals surface area contributed by atoms with Crippen LogP contribution in [0.5, 0.6) is 0 Å². The van der Waals surface area contributed by atoms with Crippen LogP contribution in [0.3, 0.4) is 0 Å². The van der Waals surface area contributed by atoms with Crippen LogP contribution in [0.25, 0.3) is 11.1 Å². The Labute approximate surface area is 187 Å². The lowest BCUT2D eigenvalue weighted by molar-refractivity contribution is -0.175. The highest BCUT2D eigenvalue weighted by Crippen LogP contribution is 2.44. The number of rotatable bonds is 8. The smallest absolute Gasteiger partial charge is 0.417 e. The number of amides is 2. The van der Waals surface area contributed by atoms with Gasteiger partial charge in [0, 0.05) is 12.5 Å². The summed E-state index contributed by atoms with van der Waals surface area (Å²) in [6.45, 7) is 1.63. The highest BCUT2D eigenvalue weighted by molar-refractivity contribution is 5.89. The Balaban J connectivity index is 1.73. The molecule has 0 aromatic heterocycles. The van der Waals surface area contributed by atoms with Crippen LogP contribution in [0.15, 0.2) is 61.2 Å². The lowest BCUT2D eigenvalue weighted by atomic mass is 9.98. The van der Waals surface area contributed by atoms with Gasteiger partial charge < -0.3 is 20.1 Å². The van der Waals surface area contributed by atoms with Gasteiger partial charge >= 0.3 is 18.2 Å². The third-order valence-corrected chi connectivity index (χ3v) is 5.17. The number of halogens is 3. The van der Waals surface area contributed by atoms with Gasteiger partial charge in [0.2, 0.25) is 6.04 Å². The largest absolute Gasteiger partial charge is 0.480 e. The Morgan fingerprint density at radius 3 is 2.12 bits per heavy atom. The van der Waals surface area contributed by atoms with Crippen molar-refractivity contribution in [3.05, 3.63) is 72.3 Å². The van der Waals surface area contributed by atoms with E-state index in [2.05, 4.69) is 6.58 Å². The molecule has 7 nitrogen and oxygen atoms in total. The molecule has 2 amide bonds. The molecule has 2 N–H and O–H groups in total. The number of hydrogen-bond donors (Lipinski definition) is 2. The predicted octanol–water partition coefficient (Wildman–Crippen LogP) is 3.56. The van der Waals surface area contributed by atoms with E-state index < -0.39 is 43.3 Å². The zero-order valence-electron chi connectivity index (χ0n) is 17.3. The lowest BCUT2D eigenvalue weighted by Gasteiger charge is -2.27. The van der Waals surface area contributed by atoms with Crippen molar-refractivity contribution in [2.75, 3.05) is 19.7 Å². The molecule has 1 aliphatic rings. The summed E-state index contributed by atoms with van der Waals surface area (Å²) in [5.41, 5.74) is 3.63. The fourth-order valence-corrected chi connectivity index (χ4v) is 3.78. The zero-order valence-corrected chi connectivity index (χ0v) is 17.3. The fourth-order valence-electron chi connectivity index (χ4n) is 3.78. The van der Waals surface area contributed by atoms with Crippen molar-refractivity contribution in [2.24, 2.45) is 0 Å². The summed E-state index contributed by atoms with van der Waals surface area (Å²) < 4.78 is 45.6. The van der Waals surface area contributed by atoms with E-state index in [0.717, 1.165) is 28.3 Å². The molecule has 0 aliphatic heterocycles. The van der Waals surface area contributed by atoms with Gasteiger partial charge in [-0.1, -0.05) is 54.6 Å². The Morgan fingerprint density at radius 1 is 1.09 bits per heavy atom. The van der Waals surface area contributed by atoms with Gasteiger partial charge in [0.15, 0.2) is 0 Å². The van der Waals surface area contributed by atoms with Gasteiger partial charge in [-0.3, -0.25) is 9.59 Å². The third kappa shape index (κ3) is 5.33. The minimum atomic E-state index is -5.17. The molecule has 0 radical (unpaired) electrons. The zero-order chi connectivity index (χ0) is 24.2. The number of ether oxygens (including phenoxy) is 1. The number of carboxylic acid groups (broad SMARTS) is 1. The number of alkyl carbamates (subject to hydrolysis) is 1. The third-order valence-electron chi connectivity index (χ3n) is 5.17. The van der Waals surface area contributed by atoms with E-state index in [1.54, 1.807) is 0 Å². The maximum atomic E-state index is 13.5. The van der Waals surface area contributed by atoms with Gasteiger partial charge in [-0.15, -0.1) is 6.58 Å². The standard InChI is InChI=1S/C23H21F3N2O5/c1-2-11-28(12-19(29)30)21(31)20(23(24,25)26)27-22(32)33-13-18-16-9-5-3-7-14(16)15-8-4-6-10-17(15)18/h2-10,18,20H,1,11-13H2,(H,27,32)(H,29,30). The van der Waals surface area contributed by atoms with Crippen molar-refractivity contribution in [2.45, 2.75) is 18.1 Å². The van der Waals surface area contributed by atoms with E-state index in [-0.39, 0.29) is 12.5 Å². The molecular formula is C23H21F3N2O5. The van der Waals surface area contributed by atoms with Crippen LogP contribution < -0.4 is 5.32 Å². The maximum absolute atomic E-state index is 13.5. The van der Waals surface area contributed by atoms with Crippen LogP contribution in [-0.2, 0) is 14.3 Å². The second kappa shape index (κ2) is 9.76. The summed E-state index contributed by atoms with van der Waals surface area (Å²) >= 11 is 0. The molecule has 0 saturated carbocycles. The Hall–Kier alpha value is -3.82. The summed E-state index contributed by atoms with van der Waals surface area (Å²) in [5.74, 6) is -3.52. The van der Waals surface area contributed by atoms with E-state index >= 15 is 0 Å². The van der Waals surface area contributed by atoms with Gasteiger partial charge in [0.25, 0.3) is 5.91 Å². The van der Waals surface area contributed by atoms with Gasteiger partial charge in [-0.25, -0.2) is 4.79 Å². The first kappa shape index (κ1) is 23.8. The minimum Gasteiger partial charge on any atom is -0.480 e. The first-order valence-corrected chi connectivity index (χ1v) is 9.93. The highest BCUT2D eigenvalue weighted by Gasteiger charge is 2.48. The molecule has 0 heterocycles. The van der Waals surface area contributed by atoms with Crippen LogP contribution in [0, 0.1) is 0 Å². The number of benzene rings is 2. The SMILES string of the molecule is C=CCN(CC(=O)O)C(=O)C(NC(=O)OCC1c2ccccc2-c2ccccc21)C(F)(F)F. The van der Waals surface area contributed by atoms with Crippen molar-refractivity contribution in [3.8, 4) is 11.1 Å². The molecule has 0 saturated heterocycles. The van der Waals surface area contributed by atoms with Crippen molar-refractivity contribution in [1.82, 2.24) is 10.2 Å². The second-order valence-corrected chi connectivity index (χ2v) is 7.35. The summed E-state index contributed by atoms with van der Waals surface area (Å²) in [6.07, 6.45) is -5.52. The molecular weight excluding hydrogens is 441 g/mol. The second-order valence-electron chi connectivity index (χ2n) is 7.35. The summed E-state index contributed by atoms with van der Waals surface area (Å²) in [4.78, 5) is 36.0. The number of aliphatic carboxylic acids is 1. The molecule has 3 rings (SSSR count). The van der Waals surface area contributed by atoms with Crippen molar-refractivity contribution < 1.29 is 37.4 Å². The van der Waals surface area contributed by atoms with E-state index in [1.165, 1.54) is 5.32 Å². The molecule has 0 bridgehead atoms. The Bertz CT molecular complexity index is 1020. The number of nitrogens with zero attached hydrogens (tertiary/aromatic N) is 1. The molecule has 1 unspecified atom stereocenters. The maximum Gasteiger partial charge on any atom is 0.417 e.